The first-order valence-electron chi connectivity index (χ1n) is 8.42. The van der Waals surface area contributed by atoms with Crippen LogP contribution >= 0.6 is 11.8 Å². The first-order chi connectivity index (χ1) is 12.8. The summed E-state index contributed by atoms with van der Waals surface area (Å²) in [4.78, 5) is 9.14. The van der Waals surface area contributed by atoms with Crippen molar-refractivity contribution < 1.29 is 14.2 Å². The van der Waals surface area contributed by atoms with E-state index < -0.39 is 0 Å². The highest BCUT2D eigenvalue weighted by molar-refractivity contribution is 7.98. The van der Waals surface area contributed by atoms with Crippen LogP contribution in [0.15, 0.2) is 59.8 Å². The third-order valence-electron chi connectivity index (χ3n) is 3.87. The molecular weight excluding hydrogens is 348 g/mol. The minimum atomic E-state index is 0.243. The molecule has 0 N–H and O–H groups in total. The molecule has 2 aromatic carbocycles. The summed E-state index contributed by atoms with van der Waals surface area (Å²) in [6.07, 6.45) is 0.818. The highest BCUT2D eigenvalue weighted by Crippen LogP contribution is 2.36. The first-order valence-corrected chi connectivity index (χ1v) is 9.41. The van der Waals surface area contributed by atoms with Crippen molar-refractivity contribution in [1.82, 2.24) is 9.97 Å². The highest BCUT2D eigenvalue weighted by Gasteiger charge is 2.15. The Morgan fingerprint density at radius 1 is 1.00 bits per heavy atom. The van der Waals surface area contributed by atoms with E-state index >= 15 is 0 Å². The van der Waals surface area contributed by atoms with Gasteiger partial charge in [0.25, 0.3) is 0 Å². The van der Waals surface area contributed by atoms with Crippen molar-refractivity contribution in [2.45, 2.75) is 24.3 Å². The first kappa shape index (κ1) is 16.7. The molecule has 1 aliphatic rings. The van der Waals surface area contributed by atoms with E-state index in [-0.39, 0.29) is 6.79 Å². The number of benzene rings is 2. The zero-order chi connectivity index (χ0) is 17.8. The molecule has 0 unspecified atom stereocenters. The Balaban J connectivity index is 1.52. The maximum atomic E-state index is 5.94. The molecule has 2 heterocycles. The van der Waals surface area contributed by atoms with Gasteiger partial charge in [0.15, 0.2) is 16.7 Å². The van der Waals surface area contributed by atoms with Crippen LogP contribution in [0, 0.1) is 0 Å². The molecular formula is C20H18N2O3S. The summed E-state index contributed by atoms with van der Waals surface area (Å²) in [5, 5.41) is 0.712. The lowest BCUT2D eigenvalue weighted by molar-refractivity contribution is 0.174. The Morgan fingerprint density at radius 3 is 2.69 bits per heavy atom. The van der Waals surface area contributed by atoms with Crippen LogP contribution in [-0.2, 0) is 12.2 Å². The molecule has 0 radical (unpaired) electrons. The van der Waals surface area contributed by atoms with Gasteiger partial charge in [-0.25, -0.2) is 4.98 Å². The zero-order valence-corrected chi connectivity index (χ0v) is 15.2. The van der Waals surface area contributed by atoms with Crippen molar-refractivity contribution in [3.8, 4) is 23.1 Å². The quantitative estimate of drug-likeness (QED) is 0.459. The molecule has 0 spiro atoms. The van der Waals surface area contributed by atoms with Gasteiger partial charge in [0, 0.05) is 23.6 Å². The van der Waals surface area contributed by atoms with Crippen LogP contribution in [0.2, 0.25) is 0 Å². The molecule has 0 fully saturated rings. The Morgan fingerprint density at radius 2 is 1.85 bits per heavy atom. The van der Waals surface area contributed by atoms with Crippen molar-refractivity contribution >= 4 is 11.8 Å². The fourth-order valence-electron chi connectivity index (χ4n) is 2.53. The maximum Gasteiger partial charge on any atom is 0.231 e. The van der Waals surface area contributed by atoms with E-state index in [1.165, 1.54) is 5.56 Å². The van der Waals surface area contributed by atoms with E-state index in [2.05, 4.69) is 29.0 Å². The molecule has 0 saturated heterocycles. The van der Waals surface area contributed by atoms with Gasteiger partial charge in [0.1, 0.15) is 5.75 Å². The monoisotopic (exact) mass is 366 g/mol. The Bertz CT molecular complexity index is 903. The summed E-state index contributed by atoms with van der Waals surface area (Å²) >= 11 is 1.60. The van der Waals surface area contributed by atoms with Gasteiger partial charge < -0.3 is 14.2 Å². The summed E-state index contributed by atoms with van der Waals surface area (Å²) in [6.45, 7) is 2.31. The highest BCUT2D eigenvalue weighted by atomic mass is 32.2. The predicted molar refractivity (Wildman–Crippen MR) is 100 cm³/mol. The second kappa shape index (κ2) is 7.66. The molecule has 0 bridgehead atoms. The van der Waals surface area contributed by atoms with Crippen LogP contribution in [0.4, 0.5) is 0 Å². The number of hydrogen-bond donors (Lipinski definition) is 0. The maximum absolute atomic E-state index is 5.94. The van der Waals surface area contributed by atoms with Crippen molar-refractivity contribution in [2.75, 3.05) is 6.79 Å². The summed E-state index contributed by atoms with van der Waals surface area (Å²) in [5.74, 6) is 3.43. The largest absolute Gasteiger partial charge is 0.454 e. The van der Waals surface area contributed by atoms with Gasteiger partial charge in [0.05, 0.1) is 0 Å². The lowest BCUT2D eigenvalue weighted by Crippen LogP contribution is -1.97. The lowest BCUT2D eigenvalue weighted by Gasteiger charge is -2.09. The predicted octanol–water partition coefficient (Wildman–Crippen LogP) is 4.85. The second-order valence-electron chi connectivity index (χ2n) is 5.73. The minimum Gasteiger partial charge on any atom is -0.454 e. The summed E-state index contributed by atoms with van der Waals surface area (Å²) in [6, 6.07) is 17.6. The number of aryl methyl sites for hydroxylation is 1. The van der Waals surface area contributed by atoms with Gasteiger partial charge in [-0.3, -0.25) is 0 Å². The van der Waals surface area contributed by atoms with E-state index in [9.17, 15) is 0 Å². The summed E-state index contributed by atoms with van der Waals surface area (Å²) < 4.78 is 16.7. The van der Waals surface area contributed by atoms with Crippen molar-refractivity contribution in [2.24, 2.45) is 0 Å². The molecule has 1 aliphatic heterocycles. The Hall–Kier alpha value is -2.73. The molecule has 132 valence electrons. The molecule has 5 nitrogen and oxygen atoms in total. The number of aromatic nitrogens is 2. The average molecular weight is 366 g/mol. The number of thioether (sulfide) groups is 1. The van der Waals surface area contributed by atoms with Crippen molar-refractivity contribution in [3.05, 3.63) is 65.9 Å². The van der Waals surface area contributed by atoms with Crippen LogP contribution < -0.4 is 14.2 Å². The number of ether oxygens (including phenoxy) is 3. The van der Waals surface area contributed by atoms with Crippen LogP contribution in [0.3, 0.4) is 0 Å². The molecule has 4 rings (SSSR count). The Labute approximate surface area is 156 Å². The molecule has 1 aromatic heterocycles. The van der Waals surface area contributed by atoms with Crippen molar-refractivity contribution in [1.29, 1.82) is 0 Å². The standard InChI is InChI=1S/C20H18N2O3S/c1-2-15-10-19(25-16-8-9-17-18(11-16)24-13-23-17)22-20(21-15)26-12-14-6-4-3-5-7-14/h3-11H,2,12-13H2,1H3. The average Bonchev–Trinajstić information content (AvgIpc) is 3.15. The number of fused-ring (bicyclic) bond motifs is 1. The SMILES string of the molecule is CCc1cc(Oc2ccc3c(c2)OCO3)nc(SCc2ccccc2)n1. The fourth-order valence-corrected chi connectivity index (χ4v) is 3.35. The molecule has 26 heavy (non-hydrogen) atoms. The molecule has 3 aromatic rings. The van der Waals surface area contributed by atoms with Gasteiger partial charge in [-0.2, -0.15) is 4.98 Å². The molecule has 0 saturated carbocycles. The molecule has 0 amide bonds. The summed E-state index contributed by atoms with van der Waals surface area (Å²) in [7, 11) is 0. The molecule has 6 heteroatoms. The van der Waals surface area contributed by atoms with Gasteiger partial charge in [0.2, 0.25) is 12.7 Å². The molecule has 0 aliphatic carbocycles. The van der Waals surface area contributed by atoms with Crippen LogP contribution in [0.25, 0.3) is 0 Å². The van der Waals surface area contributed by atoms with E-state index in [1.807, 2.05) is 42.5 Å². The zero-order valence-electron chi connectivity index (χ0n) is 14.3. The van der Waals surface area contributed by atoms with Crippen LogP contribution in [0.5, 0.6) is 23.1 Å². The van der Waals surface area contributed by atoms with E-state index in [0.29, 0.717) is 22.5 Å². The molecule has 0 atom stereocenters. The third-order valence-corrected chi connectivity index (χ3v) is 4.79. The Kier molecular flexibility index (Phi) is 4.93. The van der Waals surface area contributed by atoms with Gasteiger partial charge in [-0.15, -0.1) is 0 Å². The van der Waals surface area contributed by atoms with E-state index in [0.717, 1.165) is 23.6 Å². The number of hydrogen-bond acceptors (Lipinski definition) is 6. The lowest BCUT2D eigenvalue weighted by atomic mass is 10.2. The summed E-state index contributed by atoms with van der Waals surface area (Å²) in [5.41, 5.74) is 2.19. The smallest absolute Gasteiger partial charge is 0.231 e. The van der Waals surface area contributed by atoms with E-state index in [1.54, 1.807) is 11.8 Å². The van der Waals surface area contributed by atoms with Gasteiger partial charge in [-0.05, 0) is 24.1 Å². The fraction of sp³-hybridized carbons (Fsp3) is 0.200. The second-order valence-corrected chi connectivity index (χ2v) is 6.67. The normalized spacial score (nSPS) is 12.2. The van der Waals surface area contributed by atoms with E-state index in [4.69, 9.17) is 14.2 Å². The van der Waals surface area contributed by atoms with Crippen molar-refractivity contribution in [3.63, 3.8) is 0 Å². The number of rotatable bonds is 6. The van der Waals surface area contributed by atoms with Crippen LogP contribution in [0.1, 0.15) is 18.2 Å². The number of nitrogens with zero attached hydrogens (tertiary/aromatic N) is 2. The van der Waals surface area contributed by atoms with Gasteiger partial charge in [-0.1, -0.05) is 49.0 Å². The van der Waals surface area contributed by atoms with Crippen LogP contribution in [-0.4, -0.2) is 16.8 Å². The topological polar surface area (TPSA) is 53.5 Å². The third kappa shape index (κ3) is 3.91. The van der Waals surface area contributed by atoms with Gasteiger partial charge >= 0.3 is 0 Å². The minimum absolute atomic E-state index is 0.243.